The fourth-order valence-corrected chi connectivity index (χ4v) is 4.32. The van der Waals surface area contributed by atoms with Gasteiger partial charge in [-0.05, 0) is 69.5 Å². The zero-order valence-corrected chi connectivity index (χ0v) is 20.7. The normalized spacial score (nSPS) is 15.2. The van der Waals surface area contributed by atoms with Crippen LogP contribution in [-0.4, -0.2) is 55.8 Å². The number of fused-ring (bicyclic) bond motifs is 1. The molecule has 9 nitrogen and oxygen atoms in total. The minimum absolute atomic E-state index is 0.0957. The van der Waals surface area contributed by atoms with Gasteiger partial charge in [-0.15, -0.1) is 0 Å². The molecule has 0 aliphatic carbocycles. The first-order chi connectivity index (χ1) is 17.9. The number of anilines is 2. The highest BCUT2D eigenvalue weighted by atomic mass is 16.2. The maximum absolute atomic E-state index is 13.0. The first kappa shape index (κ1) is 24.2. The van der Waals surface area contributed by atoms with Gasteiger partial charge in [0, 0.05) is 35.6 Å². The quantitative estimate of drug-likeness (QED) is 0.365. The summed E-state index contributed by atoms with van der Waals surface area (Å²) in [6, 6.07) is 9.42. The minimum atomic E-state index is -0.320. The van der Waals surface area contributed by atoms with Crippen LogP contribution in [0.2, 0.25) is 0 Å². The van der Waals surface area contributed by atoms with E-state index in [0.717, 1.165) is 30.3 Å². The molecule has 0 radical (unpaired) electrons. The van der Waals surface area contributed by atoms with Crippen LogP contribution in [-0.2, 0) is 4.79 Å². The molecule has 1 fully saturated rings. The second-order valence-corrected chi connectivity index (χ2v) is 9.15. The summed E-state index contributed by atoms with van der Waals surface area (Å²) >= 11 is 0. The van der Waals surface area contributed by atoms with Crippen molar-refractivity contribution in [3.63, 3.8) is 0 Å². The number of likely N-dealkylation sites (tertiary alicyclic amines) is 1. The van der Waals surface area contributed by atoms with E-state index in [4.69, 9.17) is 0 Å². The molecule has 1 aliphatic rings. The summed E-state index contributed by atoms with van der Waals surface area (Å²) in [4.78, 5) is 43.6. The number of rotatable bonds is 5. The summed E-state index contributed by atoms with van der Waals surface area (Å²) < 4.78 is 0. The average Bonchev–Trinajstić information content (AvgIpc) is 3.50. The number of carbonyl (C=O) groups is 2. The molecular weight excluding hydrogens is 466 g/mol. The molecule has 4 aromatic rings. The van der Waals surface area contributed by atoms with E-state index in [9.17, 15) is 9.59 Å². The summed E-state index contributed by atoms with van der Waals surface area (Å²) in [5, 5.41) is 6.56. The van der Waals surface area contributed by atoms with E-state index in [-0.39, 0.29) is 11.8 Å². The Kier molecular flexibility index (Phi) is 6.92. The zero-order valence-electron chi connectivity index (χ0n) is 20.7. The molecule has 37 heavy (non-hydrogen) atoms. The summed E-state index contributed by atoms with van der Waals surface area (Å²) in [5.74, 6) is 5.73. The molecule has 2 amide bonds. The lowest BCUT2D eigenvalue weighted by atomic mass is 10.2. The van der Waals surface area contributed by atoms with Gasteiger partial charge < -0.3 is 15.6 Å². The highest BCUT2D eigenvalue weighted by Crippen LogP contribution is 2.21. The third-order valence-electron chi connectivity index (χ3n) is 6.41. The zero-order chi connectivity index (χ0) is 25.8. The van der Waals surface area contributed by atoms with Crippen molar-refractivity contribution < 1.29 is 9.59 Å². The predicted octanol–water partition coefficient (Wildman–Crippen LogP) is 3.74. The van der Waals surface area contributed by atoms with Gasteiger partial charge in [-0.25, -0.2) is 4.98 Å². The standard InChI is InChI=1S/C28H27N7O2/c1-18-4-3-11-35(18)17-26(36)32-24-14-25(19(2)30-16-24)34-28(37)22-12-21-13-23(33-27(21)31-15-22)6-5-20-7-9-29-10-8-20/h7-10,12-16,18H,3-4,11,17H2,1-2H3,(H,31,33)(H,32,36)(H,34,37)/t18-/m0/s1. The molecule has 186 valence electrons. The van der Waals surface area contributed by atoms with E-state index in [1.807, 2.05) is 18.2 Å². The van der Waals surface area contributed by atoms with Crippen LogP contribution in [0.1, 0.15) is 47.1 Å². The number of nitrogens with one attached hydrogen (secondary N) is 3. The number of hydrogen-bond acceptors (Lipinski definition) is 6. The van der Waals surface area contributed by atoms with Gasteiger partial charge in [0.25, 0.3) is 5.91 Å². The van der Waals surface area contributed by atoms with Crippen molar-refractivity contribution in [2.75, 3.05) is 23.7 Å². The monoisotopic (exact) mass is 493 g/mol. The van der Waals surface area contributed by atoms with E-state index >= 15 is 0 Å². The van der Waals surface area contributed by atoms with Crippen LogP contribution in [0.4, 0.5) is 11.4 Å². The van der Waals surface area contributed by atoms with Crippen LogP contribution in [0, 0.1) is 18.8 Å². The Hall–Kier alpha value is -4.55. The van der Waals surface area contributed by atoms with Crippen LogP contribution < -0.4 is 10.6 Å². The Morgan fingerprint density at radius 2 is 1.95 bits per heavy atom. The summed E-state index contributed by atoms with van der Waals surface area (Å²) in [6.07, 6.45) is 8.72. The van der Waals surface area contributed by atoms with Crippen molar-refractivity contribution in [3.8, 4) is 11.8 Å². The maximum Gasteiger partial charge on any atom is 0.257 e. The van der Waals surface area contributed by atoms with E-state index in [0.29, 0.717) is 46.6 Å². The lowest BCUT2D eigenvalue weighted by Gasteiger charge is -2.20. The number of nitrogens with zero attached hydrogens (tertiary/aromatic N) is 4. The van der Waals surface area contributed by atoms with Crippen LogP contribution in [0.25, 0.3) is 11.0 Å². The number of H-pyrrole nitrogens is 1. The Morgan fingerprint density at radius 1 is 1.11 bits per heavy atom. The van der Waals surface area contributed by atoms with Crippen molar-refractivity contribution in [1.82, 2.24) is 24.8 Å². The maximum atomic E-state index is 13.0. The largest absolute Gasteiger partial charge is 0.333 e. The number of aromatic amines is 1. The minimum Gasteiger partial charge on any atom is -0.333 e. The lowest BCUT2D eigenvalue weighted by Crippen LogP contribution is -2.35. The van der Waals surface area contributed by atoms with E-state index in [1.54, 1.807) is 37.6 Å². The highest BCUT2D eigenvalue weighted by molar-refractivity contribution is 6.06. The Morgan fingerprint density at radius 3 is 2.73 bits per heavy atom. The Labute approximate surface area is 214 Å². The van der Waals surface area contributed by atoms with Crippen molar-refractivity contribution >= 4 is 34.2 Å². The molecule has 5 rings (SSSR count). The number of amides is 2. The molecule has 0 spiro atoms. The Bertz CT molecular complexity index is 1520. The van der Waals surface area contributed by atoms with Crippen molar-refractivity contribution in [1.29, 1.82) is 0 Å². The average molecular weight is 494 g/mol. The van der Waals surface area contributed by atoms with Gasteiger partial charge in [0.05, 0.1) is 41.1 Å². The molecular formula is C28H27N7O2. The highest BCUT2D eigenvalue weighted by Gasteiger charge is 2.22. The summed E-state index contributed by atoms with van der Waals surface area (Å²) in [5.41, 5.74) is 4.30. The topological polar surface area (TPSA) is 116 Å². The van der Waals surface area contributed by atoms with Gasteiger partial charge in [-0.2, -0.15) is 0 Å². The molecule has 0 bridgehead atoms. The van der Waals surface area contributed by atoms with E-state index in [2.05, 4.69) is 54.2 Å². The molecule has 0 saturated carbocycles. The molecule has 0 aromatic carbocycles. The van der Waals surface area contributed by atoms with Gasteiger partial charge in [0.15, 0.2) is 0 Å². The number of carbonyl (C=O) groups excluding carboxylic acids is 2. The van der Waals surface area contributed by atoms with Crippen molar-refractivity contribution in [2.45, 2.75) is 32.7 Å². The van der Waals surface area contributed by atoms with Gasteiger partial charge in [-0.1, -0.05) is 5.92 Å². The summed E-state index contributed by atoms with van der Waals surface area (Å²) in [6.45, 7) is 5.21. The van der Waals surface area contributed by atoms with Crippen molar-refractivity contribution in [2.24, 2.45) is 0 Å². The van der Waals surface area contributed by atoms with Crippen LogP contribution in [0.15, 0.2) is 55.1 Å². The smallest absolute Gasteiger partial charge is 0.257 e. The lowest BCUT2D eigenvalue weighted by molar-refractivity contribution is -0.117. The third kappa shape index (κ3) is 5.82. The molecule has 5 heterocycles. The van der Waals surface area contributed by atoms with Crippen LogP contribution in [0.3, 0.4) is 0 Å². The van der Waals surface area contributed by atoms with Gasteiger partial charge in [0.1, 0.15) is 5.65 Å². The number of hydrogen-bond donors (Lipinski definition) is 3. The molecule has 3 N–H and O–H groups in total. The number of pyridine rings is 3. The summed E-state index contributed by atoms with van der Waals surface area (Å²) in [7, 11) is 0. The number of aromatic nitrogens is 4. The SMILES string of the molecule is Cc1ncc(NC(=O)CN2CCC[C@@H]2C)cc1NC(=O)c1cnc2[nH]c(C#Cc3ccncc3)cc2c1. The fourth-order valence-electron chi connectivity index (χ4n) is 4.32. The second kappa shape index (κ2) is 10.6. The molecule has 0 unspecified atom stereocenters. The number of aryl methyl sites for hydroxylation is 1. The first-order valence-electron chi connectivity index (χ1n) is 12.2. The second-order valence-electron chi connectivity index (χ2n) is 9.15. The van der Waals surface area contributed by atoms with E-state index in [1.165, 1.54) is 6.20 Å². The van der Waals surface area contributed by atoms with Crippen LogP contribution >= 0.6 is 0 Å². The predicted molar refractivity (Wildman–Crippen MR) is 142 cm³/mol. The molecule has 4 aromatic heterocycles. The molecule has 1 atom stereocenters. The first-order valence-corrected chi connectivity index (χ1v) is 12.2. The van der Waals surface area contributed by atoms with Gasteiger partial charge in [0.2, 0.25) is 5.91 Å². The van der Waals surface area contributed by atoms with Gasteiger partial charge in [-0.3, -0.25) is 24.5 Å². The van der Waals surface area contributed by atoms with Crippen molar-refractivity contribution in [3.05, 3.63) is 77.6 Å². The molecule has 1 aliphatic heterocycles. The molecule has 9 heteroatoms. The molecule has 1 saturated heterocycles. The Balaban J connectivity index is 1.27. The van der Waals surface area contributed by atoms with Crippen LogP contribution in [0.5, 0.6) is 0 Å². The van der Waals surface area contributed by atoms with Gasteiger partial charge >= 0.3 is 0 Å². The fraction of sp³-hybridized carbons (Fsp3) is 0.250. The third-order valence-corrected chi connectivity index (χ3v) is 6.41. The van der Waals surface area contributed by atoms with E-state index < -0.39 is 0 Å².